The summed E-state index contributed by atoms with van der Waals surface area (Å²) in [5.74, 6) is -3.42. The van der Waals surface area contributed by atoms with Gasteiger partial charge >= 0.3 is 5.97 Å². The van der Waals surface area contributed by atoms with Gasteiger partial charge in [0.1, 0.15) is 0 Å². The lowest BCUT2D eigenvalue weighted by Gasteiger charge is -1.95. The summed E-state index contributed by atoms with van der Waals surface area (Å²) in [5, 5.41) is 8.44. The molecule has 0 saturated heterocycles. The average molecular weight is 273 g/mol. The molecule has 0 aliphatic carbocycles. The van der Waals surface area contributed by atoms with Gasteiger partial charge in [-0.3, -0.25) is 14.6 Å². The summed E-state index contributed by atoms with van der Waals surface area (Å²) >= 11 is 0. The molecule has 0 radical (unpaired) electrons. The Bertz CT molecular complexity index is 645. The smallest absolute Gasteiger partial charge is 0.372 e. The van der Waals surface area contributed by atoms with Gasteiger partial charge in [0.2, 0.25) is 11.6 Å². The molecule has 2 aromatic heterocycles. The molecule has 2 heterocycles. The second kappa shape index (κ2) is 5.92. The highest BCUT2D eigenvalue weighted by Crippen LogP contribution is 2.14. The molecule has 1 N–H and O–H groups in total. The number of aromatic nitrogens is 1. The molecule has 0 unspecified atom stereocenters. The Labute approximate surface area is 114 Å². The summed E-state index contributed by atoms with van der Waals surface area (Å²) in [5.41, 5.74) is 1.77. The third-order valence-corrected chi connectivity index (χ3v) is 2.65. The fourth-order valence-electron chi connectivity index (χ4n) is 1.66. The van der Waals surface area contributed by atoms with Crippen LogP contribution in [0.1, 0.15) is 28.1 Å². The van der Waals surface area contributed by atoms with Crippen molar-refractivity contribution in [3.63, 3.8) is 0 Å². The number of carbonyl (C=O) groups excluding carboxylic acids is 2. The van der Waals surface area contributed by atoms with Gasteiger partial charge in [-0.1, -0.05) is 0 Å². The minimum absolute atomic E-state index is 0.0105. The maximum Gasteiger partial charge on any atom is 0.372 e. The number of Topliss-reactive ketones (excluding diaryl/α,β-unsaturated/α-hetero) is 2. The van der Waals surface area contributed by atoms with Crippen LogP contribution in [0.3, 0.4) is 0 Å². The van der Waals surface area contributed by atoms with Crippen LogP contribution in [0.2, 0.25) is 0 Å². The number of nitrogens with zero attached hydrogens (tertiary/aromatic N) is 1. The monoisotopic (exact) mass is 273 g/mol. The predicted molar refractivity (Wildman–Crippen MR) is 67.3 cm³/mol. The number of carboxylic acids is 1. The second-order valence-corrected chi connectivity index (χ2v) is 4.18. The molecular weight excluding hydrogens is 262 g/mol. The van der Waals surface area contributed by atoms with Crippen molar-refractivity contribution in [1.82, 2.24) is 4.98 Å². The van der Waals surface area contributed by atoms with E-state index in [-0.39, 0.29) is 5.76 Å². The number of aliphatic carboxylic acids is 1. The summed E-state index contributed by atoms with van der Waals surface area (Å²) in [7, 11) is 0. The van der Waals surface area contributed by atoms with E-state index < -0.39 is 24.0 Å². The fourth-order valence-corrected chi connectivity index (χ4v) is 1.66. The van der Waals surface area contributed by atoms with Crippen LogP contribution in [0.5, 0.6) is 0 Å². The maximum atomic E-state index is 11.6. The zero-order valence-corrected chi connectivity index (χ0v) is 10.4. The first-order valence-corrected chi connectivity index (χ1v) is 5.82. The van der Waals surface area contributed by atoms with Crippen molar-refractivity contribution in [3.8, 4) is 0 Å². The van der Waals surface area contributed by atoms with Crippen molar-refractivity contribution < 1.29 is 23.9 Å². The maximum absolute atomic E-state index is 11.6. The van der Waals surface area contributed by atoms with Crippen molar-refractivity contribution in [2.24, 2.45) is 0 Å². The topological polar surface area (TPSA) is 97.5 Å². The molecule has 6 heteroatoms. The molecule has 0 fully saturated rings. The number of carboxylic acid groups (broad SMARTS) is 1. The van der Waals surface area contributed by atoms with Crippen molar-refractivity contribution in [3.05, 3.63) is 53.7 Å². The van der Waals surface area contributed by atoms with E-state index in [9.17, 15) is 14.4 Å². The number of pyridine rings is 1. The van der Waals surface area contributed by atoms with E-state index >= 15 is 0 Å². The molecule has 102 valence electrons. The molecule has 6 nitrogen and oxygen atoms in total. The highest BCUT2D eigenvalue weighted by Gasteiger charge is 2.20. The molecule has 2 aromatic rings. The fraction of sp³-hybridized carbons (Fsp3) is 0.143. The van der Waals surface area contributed by atoms with E-state index in [1.165, 1.54) is 12.3 Å². The van der Waals surface area contributed by atoms with Gasteiger partial charge in [0.15, 0.2) is 5.76 Å². The summed E-state index contributed by atoms with van der Waals surface area (Å²) in [6, 6.07) is 5.18. The largest absolute Gasteiger partial charge is 0.475 e. The van der Waals surface area contributed by atoms with Gasteiger partial charge in [-0.2, -0.15) is 0 Å². The Morgan fingerprint density at radius 3 is 2.50 bits per heavy atom. The average Bonchev–Trinajstić information content (AvgIpc) is 2.88. The van der Waals surface area contributed by atoms with Crippen molar-refractivity contribution >= 4 is 17.5 Å². The Kier molecular flexibility index (Phi) is 4.05. The van der Waals surface area contributed by atoms with Crippen molar-refractivity contribution in [1.29, 1.82) is 0 Å². The summed E-state index contributed by atoms with van der Waals surface area (Å²) in [4.78, 5) is 36.9. The number of hydrogen-bond acceptors (Lipinski definition) is 5. The Morgan fingerprint density at radius 2 is 1.85 bits per heavy atom. The first-order chi connectivity index (χ1) is 9.56. The van der Waals surface area contributed by atoms with Crippen molar-refractivity contribution in [2.75, 3.05) is 0 Å². The molecule has 2 rings (SSSR count). The van der Waals surface area contributed by atoms with Crippen LogP contribution in [0.25, 0.3) is 0 Å². The van der Waals surface area contributed by atoms with Gasteiger partial charge in [-0.05, 0) is 29.3 Å². The van der Waals surface area contributed by atoms with Crippen LogP contribution in [0, 0.1) is 0 Å². The van der Waals surface area contributed by atoms with E-state index in [1.807, 2.05) is 12.1 Å². The predicted octanol–water partition coefficient (Wildman–Crippen LogP) is 1.49. The zero-order valence-electron chi connectivity index (χ0n) is 10.4. The second-order valence-electron chi connectivity index (χ2n) is 4.18. The number of carbonyl (C=O) groups is 3. The standard InChI is InChI=1S/C14H11NO5/c16-11(7-12(17)14(18)19)13-6-10(8-20-13)5-9-1-3-15-4-2-9/h1-4,6,8H,5,7H2,(H,18,19). The van der Waals surface area contributed by atoms with Gasteiger partial charge in [-0.15, -0.1) is 0 Å². The molecule has 0 saturated carbocycles. The van der Waals surface area contributed by atoms with E-state index in [0.717, 1.165) is 11.1 Å². The van der Waals surface area contributed by atoms with Crippen LogP contribution < -0.4 is 0 Å². The summed E-state index contributed by atoms with van der Waals surface area (Å²) < 4.78 is 5.07. The lowest BCUT2D eigenvalue weighted by molar-refractivity contribution is -0.148. The quantitative estimate of drug-likeness (QED) is 0.486. The molecule has 0 atom stereocenters. The molecule has 20 heavy (non-hydrogen) atoms. The molecule has 0 bridgehead atoms. The van der Waals surface area contributed by atoms with E-state index in [2.05, 4.69) is 4.98 Å². The first-order valence-electron chi connectivity index (χ1n) is 5.82. The molecule has 0 spiro atoms. The SMILES string of the molecule is O=C(O)C(=O)CC(=O)c1cc(Cc2ccncc2)co1. The number of ketones is 2. The summed E-state index contributed by atoms with van der Waals surface area (Å²) in [6.07, 6.45) is 4.60. The normalized spacial score (nSPS) is 10.2. The van der Waals surface area contributed by atoms with Gasteiger partial charge in [-0.25, -0.2) is 4.79 Å². The molecular formula is C14H11NO5. The zero-order chi connectivity index (χ0) is 14.5. The highest BCUT2D eigenvalue weighted by molar-refractivity contribution is 6.37. The molecule has 0 aromatic carbocycles. The van der Waals surface area contributed by atoms with Crippen LogP contribution in [0.4, 0.5) is 0 Å². The molecule has 0 amide bonds. The van der Waals surface area contributed by atoms with E-state index in [4.69, 9.17) is 9.52 Å². The molecule has 0 aliphatic heterocycles. The van der Waals surface area contributed by atoms with Gasteiger partial charge in [0.05, 0.1) is 12.7 Å². The van der Waals surface area contributed by atoms with Crippen LogP contribution in [-0.4, -0.2) is 27.6 Å². The van der Waals surface area contributed by atoms with Gasteiger partial charge in [0, 0.05) is 18.8 Å². The molecule has 0 aliphatic rings. The highest BCUT2D eigenvalue weighted by atomic mass is 16.4. The first kappa shape index (κ1) is 13.7. The van der Waals surface area contributed by atoms with E-state index in [0.29, 0.717) is 6.42 Å². The van der Waals surface area contributed by atoms with E-state index in [1.54, 1.807) is 12.4 Å². The van der Waals surface area contributed by atoms with Gasteiger partial charge in [0.25, 0.3) is 0 Å². The Balaban J connectivity index is 2.04. The third kappa shape index (κ3) is 3.38. The van der Waals surface area contributed by atoms with Crippen molar-refractivity contribution in [2.45, 2.75) is 12.8 Å². The number of hydrogen-bond donors (Lipinski definition) is 1. The van der Waals surface area contributed by atoms with Crippen LogP contribution >= 0.6 is 0 Å². The minimum Gasteiger partial charge on any atom is -0.475 e. The van der Waals surface area contributed by atoms with Crippen LogP contribution in [-0.2, 0) is 16.0 Å². The number of rotatable bonds is 6. The van der Waals surface area contributed by atoms with Gasteiger partial charge < -0.3 is 9.52 Å². The lowest BCUT2D eigenvalue weighted by Crippen LogP contribution is -2.16. The Morgan fingerprint density at radius 1 is 1.15 bits per heavy atom. The summed E-state index contributed by atoms with van der Waals surface area (Å²) in [6.45, 7) is 0. The third-order valence-electron chi connectivity index (χ3n) is 2.65. The number of furan rings is 1. The minimum atomic E-state index is -1.62. The Hall–Kier alpha value is -2.76. The van der Waals surface area contributed by atoms with Crippen LogP contribution in [0.15, 0.2) is 41.3 Å². The lowest BCUT2D eigenvalue weighted by atomic mass is 10.1.